The summed E-state index contributed by atoms with van der Waals surface area (Å²) in [5.74, 6) is -0.0918. The Hall–Kier alpha value is -2.70. The van der Waals surface area contributed by atoms with E-state index in [1.165, 1.54) is 4.57 Å². The van der Waals surface area contributed by atoms with E-state index in [9.17, 15) is 14.4 Å². The molecule has 2 amide bonds. The van der Waals surface area contributed by atoms with E-state index in [-0.39, 0.29) is 36.3 Å². The van der Waals surface area contributed by atoms with E-state index >= 15 is 0 Å². The molecule has 3 rings (SSSR count). The minimum atomic E-state index is -0.771. The molecule has 7 heteroatoms. The number of benzene rings is 1. The van der Waals surface area contributed by atoms with Crippen molar-refractivity contribution in [3.8, 4) is 0 Å². The fourth-order valence-electron chi connectivity index (χ4n) is 3.29. The summed E-state index contributed by atoms with van der Waals surface area (Å²) in [6.45, 7) is 4.04. The van der Waals surface area contributed by atoms with Gasteiger partial charge in [0, 0.05) is 6.42 Å². The largest absolute Gasteiger partial charge is 0.370 e. The summed E-state index contributed by atoms with van der Waals surface area (Å²) >= 11 is 0. The number of aromatic nitrogens is 2. The van der Waals surface area contributed by atoms with Crippen molar-refractivity contribution < 1.29 is 9.59 Å². The maximum Gasteiger partial charge on any atom is 0.262 e. The Morgan fingerprint density at radius 3 is 2.76 bits per heavy atom. The van der Waals surface area contributed by atoms with Gasteiger partial charge in [0.15, 0.2) is 0 Å². The van der Waals surface area contributed by atoms with Gasteiger partial charge in [0.2, 0.25) is 11.8 Å². The number of para-hydroxylation sites is 1. The third kappa shape index (κ3) is 3.01. The Labute approximate surface area is 145 Å². The molecule has 2 aromatic rings. The lowest BCUT2D eigenvalue weighted by Crippen LogP contribution is -2.49. The second kappa shape index (κ2) is 6.66. The Bertz CT molecular complexity index is 890. The molecular weight excluding hydrogens is 320 g/mol. The zero-order valence-electron chi connectivity index (χ0n) is 14.4. The number of nitrogens with two attached hydrogens (primary N) is 1. The van der Waals surface area contributed by atoms with Gasteiger partial charge in [-0.25, -0.2) is 4.98 Å². The molecule has 0 bridgehead atoms. The highest BCUT2D eigenvalue weighted by Crippen LogP contribution is 2.31. The first-order valence-corrected chi connectivity index (χ1v) is 8.53. The molecule has 1 aromatic heterocycles. The van der Waals surface area contributed by atoms with Crippen molar-refractivity contribution in [3.05, 3.63) is 40.4 Å². The molecule has 3 atom stereocenters. The second-order valence-corrected chi connectivity index (χ2v) is 6.55. The Morgan fingerprint density at radius 2 is 2.08 bits per heavy atom. The van der Waals surface area contributed by atoms with Gasteiger partial charge in [-0.3, -0.25) is 19.0 Å². The first-order chi connectivity index (χ1) is 11.9. The molecule has 25 heavy (non-hydrogen) atoms. The van der Waals surface area contributed by atoms with Crippen LogP contribution in [0.25, 0.3) is 10.9 Å². The average Bonchev–Trinajstić information content (AvgIpc) is 2.60. The molecule has 0 fully saturated rings. The second-order valence-electron chi connectivity index (χ2n) is 6.55. The van der Waals surface area contributed by atoms with Crippen LogP contribution in [0.1, 0.15) is 51.0 Å². The van der Waals surface area contributed by atoms with Crippen molar-refractivity contribution in [1.29, 1.82) is 0 Å². The van der Waals surface area contributed by atoms with Gasteiger partial charge >= 0.3 is 0 Å². The third-order valence-corrected chi connectivity index (χ3v) is 4.90. The summed E-state index contributed by atoms with van der Waals surface area (Å²) < 4.78 is 1.46. The number of rotatable bonds is 5. The Kier molecular flexibility index (Phi) is 4.57. The Balaban J connectivity index is 2.22. The maximum atomic E-state index is 13.1. The summed E-state index contributed by atoms with van der Waals surface area (Å²) in [4.78, 5) is 41.5. The van der Waals surface area contributed by atoms with Crippen molar-refractivity contribution in [2.75, 3.05) is 0 Å². The van der Waals surface area contributed by atoms with Gasteiger partial charge in [0.05, 0.1) is 16.9 Å². The lowest BCUT2D eigenvalue weighted by atomic mass is 9.94. The molecular formula is C18H22N4O3. The van der Waals surface area contributed by atoms with Crippen molar-refractivity contribution in [2.24, 2.45) is 11.7 Å². The molecule has 1 aliphatic rings. The molecule has 1 aromatic carbocycles. The lowest BCUT2D eigenvalue weighted by molar-refractivity contribution is -0.127. The van der Waals surface area contributed by atoms with Crippen LogP contribution in [0.2, 0.25) is 0 Å². The number of nitrogens with zero attached hydrogens (tertiary/aromatic N) is 2. The van der Waals surface area contributed by atoms with Gasteiger partial charge in [-0.05, 0) is 24.5 Å². The van der Waals surface area contributed by atoms with Crippen molar-refractivity contribution in [2.45, 2.75) is 45.2 Å². The molecule has 2 heterocycles. The van der Waals surface area contributed by atoms with E-state index < -0.39 is 11.9 Å². The molecule has 0 saturated heterocycles. The number of carbonyl (C=O) groups excluding carboxylic acids is 2. The summed E-state index contributed by atoms with van der Waals surface area (Å²) in [5.41, 5.74) is 5.58. The van der Waals surface area contributed by atoms with Crippen LogP contribution in [0.4, 0.5) is 0 Å². The number of amides is 2. The van der Waals surface area contributed by atoms with Crippen LogP contribution in [0, 0.1) is 5.92 Å². The molecule has 3 N–H and O–H groups in total. The normalized spacial score (nSPS) is 20.8. The third-order valence-electron chi connectivity index (χ3n) is 4.90. The van der Waals surface area contributed by atoms with Gasteiger partial charge in [-0.2, -0.15) is 0 Å². The van der Waals surface area contributed by atoms with Gasteiger partial charge in [0.25, 0.3) is 5.56 Å². The number of primary amides is 1. The molecule has 132 valence electrons. The number of fused-ring (bicyclic) bond motifs is 2. The zero-order valence-corrected chi connectivity index (χ0v) is 14.4. The quantitative estimate of drug-likeness (QED) is 0.857. The maximum absolute atomic E-state index is 13.1. The molecule has 1 aliphatic heterocycles. The fraction of sp³-hybridized carbons (Fsp3) is 0.444. The highest BCUT2D eigenvalue weighted by Gasteiger charge is 2.37. The predicted molar refractivity (Wildman–Crippen MR) is 93.8 cm³/mol. The van der Waals surface area contributed by atoms with Crippen LogP contribution in [-0.4, -0.2) is 21.4 Å². The first kappa shape index (κ1) is 17.1. The van der Waals surface area contributed by atoms with Crippen LogP contribution in [0.5, 0.6) is 0 Å². The number of nitrogens with one attached hydrogen (secondary N) is 1. The van der Waals surface area contributed by atoms with Crippen LogP contribution < -0.4 is 16.6 Å². The Morgan fingerprint density at radius 1 is 1.36 bits per heavy atom. The number of hydrogen-bond acceptors (Lipinski definition) is 4. The SMILES string of the molecule is CC[C@H](C)[C@@H]1NC(=O)[C@H](CCC(N)=O)n2c1nc1ccccc1c2=O. The predicted octanol–water partition coefficient (Wildman–Crippen LogP) is 1.42. The van der Waals surface area contributed by atoms with Crippen molar-refractivity contribution in [1.82, 2.24) is 14.9 Å². The summed E-state index contributed by atoms with van der Waals surface area (Å²) in [7, 11) is 0. The van der Waals surface area contributed by atoms with E-state index in [4.69, 9.17) is 5.73 Å². The van der Waals surface area contributed by atoms with Crippen LogP contribution in [0.3, 0.4) is 0 Å². The van der Waals surface area contributed by atoms with Crippen LogP contribution >= 0.6 is 0 Å². The minimum absolute atomic E-state index is 0.0325. The summed E-state index contributed by atoms with van der Waals surface area (Å²) in [6, 6.07) is 5.99. The summed E-state index contributed by atoms with van der Waals surface area (Å²) in [5, 5.41) is 3.44. The lowest BCUT2D eigenvalue weighted by Gasteiger charge is -2.35. The number of hydrogen-bond donors (Lipinski definition) is 2. The zero-order chi connectivity index (χ0) is 18.1. The van der Waals surface area contributed by atoms with Gasteiger partial charge < -0.3 is 11.1 Å². The molecule has 0 saturated carbocycles. The van der Waals surface area contributed by atoms with Gasteiger partial charge in [-0.1, -0.05) is 32.4 Å². The smallest absolute Gasteiger partial charge is 0.262 e. The van der Waals surface area contributed by atoms with E-state index in [0.717, 1.165) is 6.42 Å². The fourth-order valence-corrected chi connectivity index (χ4v) is 3.29. The van der Waals surface area contributed by atoms with E-state index in [0.29, 0.717) is 16.7 Å². The molecule has 7 nitrogen and oxygen atoms in total. The molecule has 0 radical (unpaired) electrons. The number of carbonyl (C=O) groups is 2. The van der Waals surface area contributed by atoms with Crippen LogP contribution in [0.15, 0.2) is 29.1 Å². The van der Waals surface area contributed by atoms with Crippen molar-refractivity contribution in [3.63, 3.8) is 0 Å². The topological polar surface area (TPSA) is 107 Å². The molecule has 0 unspecified atom stereocenters. The summed E-state index contributed by atoms with van der Waals surface area (Å²) in [6.07, 6.45) is 1.05. The van der Waals surface area contributed by atoms with Gasteiger partial charge in [0.1, 0.15) is 11.9 Å². The van der Waals surface area contributed by atoms with E-state index in [1.807, 2.05) is 19.9 Å². The van der Waals surface area contributed by atoms with E-state index in [1.54, 1.807) is 18.2 Å². The average molecular weight is 342 g/mol. The molecule has 0 spiro atoms. The highest BCUT2D eigenvalue weighted by molar-refractivity contribution is 5.84. The molecule has 0 aliphatic carbocycles. The standard InChI is InChI=1S/C18H22N4O3/c1-3-10(2)15-16-20-12-7-5-4-6-11(12)18(25)22(16)13(17(24)21-15)8-9-14(19)23/h4-7,10,13,15H,3,8-9H2,1-2H3,(H2,19,23)(H,21,24)/t10-,13-,15-/m0/s1. The van der Waals surface area contributed by atoms with E-state index in [2.05, 4.69) is 10.3 Å². The highest BCUT2D eigenvalue weighted by atomic mass is 16.2. The van der Waals surface area contributed by atoms with Crippen molar-refractivity contribution >= 4 is 22.7 Å². The first-order valence-electron chi connectivity index (χ1n) is 8.53. The van der Waals surface area contributed by atoms with Crippen LogP contribution in [-0.2, 0) is 9.59 Å². The minimum Gasteiger partial charge on any atom is -0.370 e. The monoisotopic (exact) mass is 342 g/mol. The van der Waals surface area contributed by atoms with Gasteiger partial charge in [-0.15, -0.1) is 0 Å².